The van der Waals surface area contributed by atoms with Crippen LogP contribution in [0.25, 0.3) is 0 Å². The third kappa shape index (κ3) is 3.49. The van der Waals surface area contributed by atoms with Crippen molar-refractivity contribution >= 4 is 44.7 Å². The number of aromatic nitrogens is 1. The van der Waals surface area contributed by atoms with E-state index >= 15 is 0 Å². The number of thiophene rings is 1. The van der Waals surface area contributed by atoms with Crippen LogP contribution in [-0.4, -0.2) is 36.4 Å². The van der Waals surface area contributed by atoms with E-state index < -0.39 is 22.0 Å². The summed E-state index contributed by atoms with van der Waals surface area (Å²) >= 11 is 6.84. The summed E-state index contributed by atoms with van der Waals surface area (Å²) in [6.45, 7) is 2.01. The highest BCUT2D eigenvalue weighted by Crippen LogP contribution is 2.32. The van der Waals surface area contributed by atoms with Crippen LogP contribution in [0.5, 0.6) is 0 Å². The Morgan fingerprint density at radius 3 is 2.88 bits per heavy atom. The maximum atomic E-state index is 12.8. The van der Waals surface area contributed by atoms with Crippen molar-refractivity contribution in [3.05, 3.63) is 28.3 Å². The monoisotopic (exact) mass is 389 g/mol. The number of carbonyl (C=O) groups excluding carboxylic acids is 1. The standard InChI is InChI=1S/C14H16ClN3O4S2/c1-9-8-12(17-22-9)16-14(19)10-4-2-3-7-18(10)24(20,21)13-6-5-11(15)23-13/h5-6,8,10H,2-4,7H2,1H3,(H,16,17,19). The summed E-state index contributed by atoms with van der Waals surface area (Å²) in [5.74, 6) is 0.431. The van der Waals surface area contributed by atoms with Crippen molar-refractivity contribution in [1.82, 2.24) is 9.46 Å². The van der Waals surface area contributed by atoms with Crippen LogP contribution in [-0.2, 0) is 14.8 Å². The zero-order chi connectivity index (χ0) is 17.3. The normalized spacial score (nSPS) is 19.3. The highest BCUT2D eigenvalue weighted by molar-refractivity contribution is 7.91. The van der Waals surface area contributed by atoms with Gasteiger partial charge in [-0.05, 0) is 31.9 Å². The van der Waals surface area contributed by atoms with Crippen LogP contribution in [0.2, 0.25) is 4.34 Å². The zero-order valence-corrected chi connectivity index (χ0v) is 15.2. The van der Waals surface area contributed by atoms with Gasteiger partial charge in [-0.3, -0.25) is 4.79 Å². The van der Waals surface area contributed by atoms with E-state index in [1.165, 1.54) is 16.4 Å². The first-order valence-corrected chi connectivity index (χ1v) is 10.0. The Balaban J connectivity index is 1.84. The Labute approximate surface area is 148 Å². The number of nitrogens with zero attached hydrogens (tertiary/aromatic N) is 2. The number of piperidine rings is 1. The van der Waals surface area contributed by atoms with Gasteiger partial charge in [-0.15, -0.1) is 11.3 Å². The minimum atomic E-state index is -3.76. The van der Waals surface area contributed by atoms with Gasteiger partial charge in [0.1, 0.15) is 16.0 Å². The third-order valence-corrected chi connectivity index (χ3v) is 7.35. The van der Waals surface area contributed by atoms with E-state index in [0.717, 1.165) is 17.8 Å². The average molecular weight is 390 g/mol. The lowest BCUT2D eigenvalue weighted by Crippen LogP contribution is -2.49. The molecular weight excluding hydrogens is 374 g/mol. The van der Waals surface area contributed by atoms with Crippen LogP contribution in [0, 0.1) is 6.92 Å². The van der Waals surface area contributed by atoms with Crippen molar-refractivity contribution in [3.8, 4) is 0 Å². The molecule has 2 aromatic rings. The molecule has 1 saturated heterocycles. The van der Waals surface area contributed by atoms with Gasteiger partial charge < -0.3 is 9.84 Å². The highest BCUT2D eigenvalue weighted by atomic mass is 35.5. The highest BCUT2D eigenvalue weighted by Gasteiger charge is 2.38. The number of halogens is 1. The zero-order valence-electron chi connectivity index (χ0n) is 12.9. The number of nitrogens with one attached hydrogen (secondary N) is 1. The van der Waals surface area contributed by atoms with Crippen LogP contribution in [0.15, 0.2) is 26.9 Å². The second-order valence-corrected chi connectivity index (χ2v) is 9.33. The summed E-state index contributed by atoms with van der Waals surface area (Å²) in [5, 5.41) is 6.33. The van der Waals surface area contributed by atoms with Gasteiger partial charge in [-0.25, -0.2) is 8.42 Å². The Bertz CT molecular complexity index is 846. The topological polar surface area (TPSA) is 92.5 Å². The SMILES string of the molecule is Cc1cc(NC(=O)C2CCCCN2S(=O)(=O)c2ccc(Cl)s2)no1. The number of rotatable bonds is 4. The van der Waals surface area contributed by atoms with Crippen LogP contribution in [0.1, 0.15) is 25.0 Å². The lowest BCUT2D eigenvalue weighted by molar-refractivity contribution is -0.120. The lowest BCUT2D eigenvalue weighted by atomic mass is 10.0. The Morgan fingerprint density at radius 2 is 2.25 bits per heavy atom. The van der Waals surface area contributed by atoms with Gasteiger partial charge in [0, 0.05) is 12.6 Å². The fourth-order valence-corrected chi connectivity index (χ4v) is 5.91. The van der Waals surface area contributed by atoms with Gasteiger partial charge in [0.05, 0.1) is 4.34 Å². The predicted molar refractivity (Wildman–Crippen MR) is 90.7 cm³/mol. The summed E-state index contributed by atoms with van der Waals surface area (Å²) in [4.78, 5) is 12.5. The van der Waals surface area contributed by atoms with E-state index in [-0.39, 0.29) is 10.0 Å². The van der Waals surface area contributed by atoms with E-state index in [1.54, 1.807) is 13.0 Å². The Hall–Kier alpha value is -1.42. The minimum absolute atomic E-state index is 0.143. The van der Waals surface area contributed by atoms with Gasteiger partial charge in [0.2, 0.25) is 5.91 Å². The number of hydrogen-bond donors (Lipinski definition) is 1. The van der Waals surface area contributed by atoms with E-state index in [1.807, 2.05) is 0 Å². The van der Waals surface area contributed by atoms with Crippen LogP contribution in [0.3, 0.4) is 0 Å². The van der Waals surface area contributed by atoms with E-state index in [9.17, 15) is 13.2 Å². The molecule has 0 radical (unpaired) electrons. The maximum absolute atomic E-state index is 12.8. The summed E-state index contributed by atoms with van der Waals surface area (Å²) in [7, 11) is -3.76. The molecular formula is C14H16ClN3O4S2. The number of amides is 1. The molecule has 24 heavy (non-hydrogen) atoms. The molecule has 1 aliphatic rings. The van der Waals surface area contributed by atoms with Crippen molar-refractivity contribution < 1.29 is 17.7 Å². The summed E-state index contributed by atoms with van der Waals surface area (Å²) in [6.07, 6.45) is 1.96. The van der Waals surface area contributed by atoms with Crippen molar-refractivity contribution in [3.63, 3.8) is 0 Å². The summed E-state index contributed by atoms with van der Waals surface area (Å²) in [5.41, 5.74) is 0. The molecule has 0 bridgehead atoms. The fourth-order valence-electron chi connectivity index (χ4n) is 2.64. The molecule has 130 valence electrons. The molecule has 1 fully saturated rings. The number of hydrogen-bond acceptors (Lipinski definition) is 6. The van der Waals surface area contributed by atoms with Crippen molar-refractivity contribution in [2.45, 2.75) is 36.4 Å². The maximum Gasteiger partial charge on any atom is 0.253 e. The molecule has 3 rings (SSSR count). The van der Waals surface area contributed by atoms with E-state index in [2.05, 4.69) is 10.5 Å². The average Bonchev–Trinajstić information content (AvgIpc) is 3.16. The second-order valence-electron chi connectivity index (χ2n) is 5.50. The van der Waals surface area contributed by atoms with Crippen LogP contribution < -0.4 is 5.32 Å². The second kappa shape index (κ2) is 6.83. The molecule has 7 nitrogen and oxygen atoms in total. The van der Waals surface area contributed by atoms with Gasteiger partial charge in [0.15, 0.2) is 5.82 Å². The molecule has 10 heteroatoms. The number of sulfonamides is 1. The molecule has 0 saturated carbocycles. The van der Waals surface area contributed by atoms with Crippen molar-refractivity contribution in [1.29, 1.82) is 0 Å². The molecule has 1 unspecified atom stereocenters. The van der Waals surface area contributed by atoms with Crippen molar-refractivity contribution in [2.75, 3.05) is 11.9 Å². The molecule has 1 N–H and O–H groups in total. The molecule has 1 amide bonds. The van der Waals surface area contributed by atoms with Crippen LogP contribution in [0.4, 0.5) is 5.82 Å². The quantitative estimate of drug-likeness (QED) is 0.867. The molecule has 3 heterocycles. The first kappa shape index (κ1) is 17.4. The molecule has 0 aromatic carbocycles. The fraction of sp³-hybridized carbons (Fsp3) is 0.429. The van der Waals surface area contributed by atoms with Gasteiger partial charge in [-0.2, -0.15) is 4.31 Å². The first-order valence-electron chi connectivity index (χ1n) is 7.39. The van der Waals surface area contributed by atoms with E-state index in [0.29, 0.717) is 29.5 Å². The van der Waals surface area contributed by atoms with Crippen molar-refractivity contribution in [2.24, 2.45) is 0 Å². The molecule has 1 atom stereocenters. The van der Waals surface area contributed by atoms with Gasteiger partial charge >= 0.3 is 0 Å². The predicted octanol–water partition coefficient (Wildman–Crippen LogP) is 2.88. The third-order valence-electron chi connectivity index (χ3n) is 3.75. The van der Waals surface area contributed by atoms with E-state index in [4.69, 9.17) is 16.1 Å². The molecule has 2 aromatic heterocycles. The molecule has 0 aliphatic carbocycles. The number of anilines is 1. The molecule has 0 spiro atoms. The lowest BCUT2D eigenvalue weighted by Gasteiger charge is -2.32. The number of carbonyl (C=O) groups is 1. The Kier molecular flexibility index (Phi) is 4.95. The largest absolute Gasteiger partial charge is 0.360 e. The van der Waals surface area contributed by atoms with Gasteiger partial charge in [-0.1, -0.05) is 23.2 Å². The summed E-state index contributed by atoms with van der Waals surface area (Å²) in [6, 6.07) is 3.81. The first-order chi connectivity index (χ1) is 11.4. The Morgan fingerprint density at radius 1 is 1.46 bits per heavy atom. The smallest absolute Gasteiger partial charge is 0.253 e. The van der Waals surface area contributed by atoms with Crippen LogP contribution >= 0.6 is 22.9 Å². The number of aryl methyl sites for hydroxylation is 1. The minimum Gasteiger partial charge on any atom is -0.360 e. The van der Waals surface area contributed by atoms with Gasteiger partial charge in [0.25, 0.3) is 10.0 Å². The molecule has 1 aliphatic heterocycles. The summed E-state index contributed by atoms with van der Waals surface area (Å²) < 4.78 is 32.4.